The molecule has 0 aromatic carbocycles. The van der Waals surface area contributed by atoms with Crippen molar-refractivity contribution in [2.75, 3.05) is 18.5 Å². The number of halogens is 3. The number of aromatic nitrogens is 1. The average molecular weight is 248 g/mol. The highest BCUT2D eigenvalue weighted by molar-refractivity contribution is 5.36. The molecule has 0 amide bonds. The SMILES string of the molecule is CCC(CCO)CNc1nc(F)c(F)cc1F. The predicted octanol–water partition coefficient (Wildman–Crippen LogP) is 2.32. The summed E-state index contributed by atoms with van der Waals surface area (Å²) >= 11 is 0. The normalized spacial score (nSPS) is 12.5. The number of nitrogens with one attached hydrogen (secondary N) is 1. The van der Waals surface area contributed by atoms with Crippen molar-refractivity contribution in [2.24, 2.45) is 5.92 Å². The van der Waals surface area contributed by atoms with E-state index in [1.54, 1.807) is 0 Å². The van der Waals surface area contributed by atoms with E-state index in [2.05, 4.69) is 10.3 Å². The maximum atomic E-state index is 13.2. The Kier molecular flexibility index (Phi) is 5.21. The smallest absolute Gasteiger partial charge is 0.251 e. The first kappa shape index (κ1) is 13.8. The summed E-state index contributed by atoms with van der Waals surface area (Å²) < 4.78 is 38.6. The van der Waals surface area contributed by atoms with Gasteiger partial charge in [-0.25, -0.2) is 8.78 Å². The van der Waals surface area contributed by atoms with Crippen LogP contribution in [0.1, 0.15) is 19.8 Å². The van der Waals surface area contributed by atoms with Crippen LogP contribution in [0.2, 0.25) is 0 Å². The molecule has 2 N–H and O–H groups in total. The molecule has 1 heterocycles. The number of aliphatic hydroxyl groups excluding tert-OH is 1. The van der Waals surface area contributed by atoms with Crippen LogP contribution in [-0.2, 0) is 0 Å². The summed E-state index contributed by atoms with van der Waals surface area (Å²) in [6, 6.07) is 0.456. The van der Waals surface area contributed by atoms with E-state index in [0.29, 0.717) is 19.0 Å². The summed E-state index contributed by atoms with van der Waals surface area (Å²) in [5.74, 6) is -3.74. The number of aliphatic hydroxyl groups is 1. The number of rotatable bonds is 6. The molecule has 0 aliphatic carbocycles. The minimum atomic E-state index is -1.33. The van der Waals surface area contributed by atoms with Gasteiger partial charge in [0.1, 0.15) is 0 Å². The number of anilines is 1. The molecule has 6 heteroatoms. The van der Waals surface area contributed by atoms with Crippen LogP contribution < -0.4 is 5.32 Å². The first-order valence-corrected chi connectivity index (χ1v) is 5.44. The fourth-order valence-corrected chi connectivity index (χ4v) is 1.44. The lowest BCUT2D eigenvalue weighted by molar-refractivity contribution is 0.258. The molecule has 1 rings (SSSR count). The van der Waals surface area contributed by atoms with Gasteiger partial charge in [0.25, 0.3) is 5.95 Å². The van der Waals surface area contributed by atoms with Crippen LogP contribution in [0, 0.1) is 23.5 Å². The summed E-state index contributed by atoms with van der Waals surface area (Å²) in [6.45, 7) is 2.32. The van der Waals surface area contributed by atoms with Crippen molar-refractivity contribution in [2.45, 2.75) is 19.8 Å². The second-order valence-electron chi connectivity index (χ2n) is 3.76. The maximum Gasteiger partial charge on any atom is 0.251 e. The van der Waals surface area contributed by atoms with Gasteiger partial charge in [0.2, 0.25) is 0 Å². The Morgan fingerprint density at radius 1 is 1.35 bits per heavy atom. The van der Waals surface area contributed by atoms with E-state index in [1.165, 1.54) is 0 Å². The van der Waals surface area contributed by atoms with Crippen LogP contribution in [0.15, 0.2) is 6.07 Å². The van der Waals surface area contributed by atoms with E-state index in [4.69, 9.17) is 5.11 Å². The van der Waals surface area contributed by atoms with Gasteiger partial charge in [-0.05, 0) is 12.3 Å². The largest absolute Gasteiger partial charge is 0.396 e. The van der Waals surface area contributed by atoms with E-state index in [9.17, 15) is 13.2 Å². The van der Waals surface area contributed by atoms with Gasteiger partial charge in [-0.3, -0.25) is 0 Å². The van der Waals surface area contributed by atoms with Gasteiger partial charge in [-0.15, -0.1) is 0 Å². The summed E-state index contributed by atoms with van der Waals surface area (Å²) in [5, 5.41) is 11.4. The first-order valence-electron chi connectivity index (χ1n) is 5.44. The van der Waals surface area contributed by atoms with Crippen molar-refractivity contribution in [1.82, 2.24) is 4.98 Å². The second-order valence-corrected chi connectivity index (χ2v) is 3.76. The van der Waals surface area contributed by atoms with Crippen molar-refractivity contribution < 1.29 is 18.3 Å². The molecular weight excluding hydrogens is 233 g/mol. The number of pyridine rings is 1. The Bertz CT molecular complexity index is 374. The van der Waals surface area contributed by atoms with Crippen molar-refractivity contribution in [1.29, 1.82) is 0 Å². The standard InChI is InChI=1S/C11H15F3N2O/c1-2-7(3-4-17)6-15-11-9(13)5-8(12)10(14)16-11/h5,7,17H,2-4,6H2,1H3,(H,15,16). The van der Waals surface area contributed by atoms with Crippen LogP contribution in [0.5, 0.6) is 0 Å². The Morgan fingerprint density at radius 3 is 2.65 bits per heavy atom. The fourth-order valence-electron chi connectivity index (χ4n) is 1.44. The lowest BCUT2D eigenvalue weighted by Crippen LogP contribution is -2.17. The first-order chi connectivity index (χ1) is 8.08. The van der Waals surface area contributed by atoms with Gasteiger partial charge in [-0.1, -0.05) is 13.3 Å². The molecule has 0 aliphatic heterocycles. The van der Waals surface area contributed by atoms with Gasteiger partial charge in [-0.2, -0.15) is 9.37 Å². The number of hydrogen-bond donors (Lipinski definition) is 2. The Labute approximate surface area is 97.7 Å². The van der Waals surface area contributed by atoms with Crippen molar-refractivity contribution in [3.05, 3.63) is 23.6 Å². The zero-order valence-electron chi connectivity index (χ0n) is 9.51. The molecule has 0 saturated carbocycles. The topological polar surface area (TPSA) is 45.1 Å². The number of nitrogens with zero attached hydrogens (tertiary/aromatic N) is 1. The molecule has 96 valence electrons. The molecule has 0 spiro atoms. The summed E-state index contributed by atoms with van der Waals surface area (Å²) in [5.41, 5.74) is 0. The monoisotopic (exact) mass is 248 g/mol. The summed E-state index contributed by atoms with van der Waals surface area (Å²) in [7, 11) is 0. The molecule has 0 aliphatic rings. The zero-order chi connectivity index (χ0) is 12.8. The molecule has 1 atom stereocenters. The van der Waals surface area contributed by atoms with E-state index in [1.807, 2.05) is 6.92 Å². The van der Waals surface area contributed by atoms with Gasteiger partial charge >= 0.3 is 0 Å². The minimum Gasteiger partial charge on any atom is -0.396 e. The predicted molar refractivity (Wildman–Crippen MR) is 58.1 cm³/mol. The average Bonchev–Trinajstić information content (AvgIpc) is 2.30. The maximum absolute atomic E-state index is 13.2. The molecule has 0 bridgehead atoms. The van der Waals surface area contributed by atoms with E-state index in [-0.39, 0.29) is 18.3 Å². The Morgan fingerprint density at radius 2 is 2.06 bits per heavy atom. The van der Waals surface area contributed by atoms with Crippen molar-refractivity contribution in [3.63, 3.8) is 0 Å². The van der Waals surface area contributed by atoms with E-state index >= 15 is 0 Å². The van der Waals surface area contributed by atoms with Crippen LogP contribution in [0.3, 0.4) is 0 Å². The zero-order valence-corrected chi connectivity index (χ0v) is 9.51. The van der Waals surface area contributed by atoms with Crippen molar-refractivity contribution in [3.8, 4) is 0 Å². The third-order valence-corrected chi connectivity index (χ3v) is 2.56. The highest BCUT2D eigenvalue weighted by atomic mass is 19.2. The molecule has 0 saturated heterocycles. The molecule has 17 heavy (non-hydrogen) atoms. The van der Waals surface area contributed by atoms with Crippen LogP contribution in [-0.4, -0.2) is 23.2 Å². The molecule has 1 aromatic rings. The van der Waals surface area contributed by atoms with Crippen molar-refractivity contribution >= 4 is 5.82 Å². The summed E-state index contributed by atoms with van der Waals surface area (Å²) in [4.78, 5) is 3.15. The van der Waals surface area contributed by atoms with Crippen LogP contribution >= 0.6 is 0 Å². The minimum absolute atomic E-state index is 0.0356. The summed E-state index contributed by atoms with van der Waals surface area (Å²) in [6.07, 6.45) is 1.35. The van der Waals surface area contributed by atoms with Gasteiger partial charge in [0.15, 0.2) is 17.5 Å². The van der Waals surface area contributed by atoms with Gasteiger partial charge in [0, 0.05) is 19.2 Å². The van der Waals surface area contributed by atoms with Crippen LogP contribution in [0.25, 0.3) is 0 Å². The molecule has 1 aromatic heterocycles. The lowest BCUT2D eigenvalue weighted by atomic mass is 10.0. The number of hydrogen-bond acceptors (Lipinski definition) is 3. The quantitative estimate of drug-likeness (QED) is 0.759. The van der Waals surface area contributed by atoms with E-state index < -0.39 is 17.6 Å². The van der Waals surface area contributed by atoms with E-state index in [0.717, 1.165) is 6.42 Å². The second kappa shape index (κ2) is 6.44. The molecular formula is C11H15F3N2O. The Hall–Kier alpha value is -1.30. The Balaban J connectivity index is 2.65. The third kappa shape index (κ3) is 3.89. The van der Waals surface area contributed by atoms with Gasteiger partial charge in [0.05, 0.1) is 0 Å². The molecule has 3 nitrogen and oxygen atoms in total. The highest BCUT2D eigenvalue weighted by Gasteiger charge is 2.13. The van der Waals surface area contributed by atoms with Gasteiger partial charge < -0.3 is 10.4 Å². The molecule has 0 radical (unpaired) electrons. The fraction of sp³-hybridized carbons (Fsp3) is 0.545. The third-order valence-electron chi connectivity index (χ3n) is 2.56. The molecule has 0 fully saturated rings. The van der Waals surface area contributed by atoms with Crippen LogP contribution in [0.4, 0.5) is 19.0 Å². The lowest BCUT2D eigenvalue weighted by Gasteiger charge is -2.15. The molecule has 1 unspecified atom stereocenters. The highest BCUT2D eigenvalue weighted by Crippen LogP contribution is 2.16.